The number of imidazole rings is 1. The number of halogens is 1. The summed E-state index contributed by atoms with van der Waals surface area (Å²) < 4.78 is 2.87. The first kappa shape index (κ1) is 10.8. The Morgan fingerprint density at radius 3 is 2.88 bits per heavy atom. The number of thiophene rings is 1. The summed E-state index contributed by atoms with van der Waals surface area (Å²) in [5.41, 5.74) is 7.52. The van der Waals surface area contributed by atoms with Gasteiger partial charge in [-0.15, -0.1) is 11.3 Å². The number of nitrogen functional groups attached to an aromatic ring is 1. The van der Waals surface area contributed by atoms with Crippen molar-refractivity contribution in [2.24, 2.45) is 0 Å². The van der Waals surface area contributed by atoms with Gasteiger partial charge in [-0.3, -0.25) is 4.40 Å². The van der Waals surface area contributed by atoms with E-state index in [0.717, 1.165) is 26.5 Å². The van der Waals surface area contributed by atoms with E-state index in [2.05, 4.69) is 40.0 Å². The molecule has 0 saturated carbocycles. The Bertz CT molecular complexity index is 699. The Morgan fingerprint density at radius 2 is 2.18 bits per heavy atom. The summed E-state index contributed by atoms with van der Waals surface area (Å²) in [6.07, 6.45) is 1.95. The molecule has 0 aromatic carbocycles. The first-order chi connectivity index (χ1) is 8.15. The Morgan fingerprint density at radius 1 is 1.35 bits per heavy atom. The molecule has 0 amide bonds. The van der Waals surface area contributed by atoms with Gasteiger partial charge in [-0.25, -0.2) is 4.98 Å². The lowest BCUT2D eigenvalue weighted by Crippen LogP contribution is -1.90. The highest BCUT2D eigenvalue weighted by Gasteiger charge is 2.12. The van der Waals surface area contributed by atoms with Crippen LogP contribution in [0.5, 0.6) is 0 Å². The van der Waals surface area contributed by atoms with Gasteiger partial charge in [0.2, 0.25) is 0 Å². The van der Waals surface area contributed by atoms with Gasteiger partial charge >= 0.3 is 0 Å². The van der Waals surface area contributed by atoms with Crippen LogP contribution >= 0.6 is 27.3 Å². The van der Waals surface area contributed by atoms with Gasteiger partial charge in [0.1, 0.15) is 4.60 Å². The second-order valence-corrected chi connectivity index (χ2v) is 5.89. The number of fused-ring (bicyclic) bond motifs is 1. The molecule has 3 rings (SSSR count). The van der Waals surface area contributed by atoms with Crippen LogP contribution in [0, 0.1) is 6.92 Å². The molecule has 5 heteroatoms. The van der Waals surface area contributed by atoms with E-state index in [1.54, 1.807) is 11.3 Å². The maximum absolute atomic E-state index is 5.79. The van der Waals surface area contributed by atoms with Crippen LogP contribution in [0.1, 0.15) is 4.88 Å². The van der Waals surface area contributed by atoms with Crippen molar-refractivity contribution < 1.29 is 0 Å². The Balaban J connectivity index is 2.31. The minimum absolute atomic E-state index is 0.743. The second kappa shape index (κ2) is 3.85. The normalized spacial score (nSPS) is 11.2. The highest BCUT2D eigenvalue weighted by atomic mass is 79.9. The minimum atomic E-state index is 0.743. The fourth-order valence-electron chi connectivity index (χ4n) is 1.79. The van der Waals surface area contributed by atoms with E-state index in [0.29, 0.717) is 0 Å². The lowest BCUT2D eigenvalue weighted by atomic mass is 10.3. The van der Waals surface area contributed by atoms with Gasteiger partial charge < -0.3 is 5.73 Å². The third kappa shape index (κ3) is 1.75. The topological polar surface area (TPSA) is 43.3 Å². The quantitative estimate of drug-likeness (QED) is 0.744. The molecule has 3 aromatic rings. The standard InChI is InChI=1S/C12H10BrN3S/c1-7-2-3-10(17-7)12-15-11(13)9-6-8(14)4-5-16(9)12/h2-6H,14H2,1H3. The average Bonchev–Trinajstić information content (AvgIpc) is 2.84. The lowest BCUT2D eigenvalue weighted by molar-refractivity contribution is 1.17. The van der Waals surface area contributed by atoms with E-state index in [1.807, 2.05) is 22.7 Å². The van der Waals surface area contributed by atoms with E-state index in [-0.39, 0.29) is 0 Å². The molecule has 0 radical (unpaired) electrons. The predicted octanol–water partition coefficient (Wildman–Crippen LogP) is 3.72. The molecule has 86 valence electrons. The molecule has 17 heavy (non-hydrogen) atoms. The number of hydrogen-bond donors (Lipinski definition) is 1. The van der Waals surface area contributed by atoms with Crippen molar-refractivity contribution in [2.75, 3.05) is 5.73 Å². The minimum Gasteiger partial charge on any atom is -0.399 e. The smallest absolute Gasteiger partial charge is 0.156 e. The van der Waals surface area contributed by atoms with Crippen molar-refractivity contribution in [3.8, 4) is 10.7 Å². The zero-order chi connectivity index (χ0) is 12.0. The first-order valence-corrected chi connectivity index (χ1v) is 6.76. The predicted molar refractivity (Wildman–Crippen MR) is 75.4 cm³/mol. The Kier molecular flexibility index (Phi) is 2.45. The fourth-order valence-corrected chi connectivity index (χ4v) is 3.12. The number of rotatable bonds is 1. The van der Waals surface area contributed by atoms with Crippen molar-refractivity contribution in [1.82, 2.24) is 9.38 Å². The zero-order valence-electron chi connectivity index (χ0n) is 9.14. The maximum Gasteiger partial charge on any atom is 0.156 e. The lowest BCUT2D eigenvalue weighted by Gasteiger charge is -1.99. The van der Waals surface area contributed by atoms with Crippen LogP contribution in [0.15, 0.2) is 35.1 Å². The van der Waals surface area contributed by atoms with Gasteiger partial charge in [0.25, 0.3) is 0 Å². The largest absolute Gasteiger partial charge is 0.399 e. The number of aromatic nitrogens is 2. The van der Waals surface area contributed by atoms with Crippen LogP contribution < -0.4 is 5.73 Å². The number of hydrogen-bond acceptors (Lipinski definition) is 3. The van der Waals surface area contributed by atoms with Gasteiger partial charge in [0, 0.05) is 16.8 Å². The van der Waals surface area contributed by atoms with Gasteiger partial charge in [-0.05, 0) is 47.1 Å². The van der Waals surface area contributed by atoms with Crippen LogP contribution in [-0.2, 0) is 0 Å². The van der Waals surface area contributed by atoms with E-state index < -0.39 is 0 Å². The fraction of sp³-hybridized carbons (Fsp3) is 0.0833. The molecule has 0 atom stereocenters. The van der Waals surface area contributed by atoms with E-state index in [1.165, 1.54) is 4.88 Å². The highest BCUT2D eigenvalue weighted by molar-refractivity contribution is 9.10. The van der Waals surface area contributed by atoms with Crippen LogP contribution in [0.3, 0.4) is 0 Å². The van der Waals surface area contributed by atoms with Crippen LogP contribution in [0.2, 0.25) is 0 Å². The molecule has 0 aliphatic rings. The van der Waals surface area contributed by atoms with Crippen molar-refractivity contribution in [2.45, 2.75) is 6.92 Å². The molecule has 3 aromatic heterocycles. The van der Waals surface area contributed by atoms with Crippen LogP contribution in [0.25, 0.3) is 16.2 Å². The summed E-state index contributed by atoms with van der Waals surface area (Å²) in [7, 11) is 0. The SMILES string of the molecule is Cc1ccc(-c2nc(Br)c3cc(N)ccn23)s1. The number of nitrogens with zero attached hydrogens (tertiary/aromatic N) is 2. The summed E-state index contributed by atoms with van der Waals surface area (Å²) in [4.78, 5) is 6.99. The summed E-state index contributed by atoms with van der Waals surface area (Å²) in [6, 6.07) is 8.00. The van der Waals surface area contributed by atoms with Crippen LogP contribution in [0.4, 0.5) is 5.69 Å². The van der Waals surface area contributed by atoms with Crippen molar-refractivity contribution in [3.05, 3.63) is 39.9 Å². The molecule has 0 aliphatic carbocycles. The number of aryl methyl sites for hydroxylation is 1. The second-order valence-electron chi connectivity index (χ2n) is 3.85. The molecular formula is C12H10BrN3S. The Labute approximate surface area is 111 Å². The van der Waals surface area contributed by atoms with Gasteiger partial charge in [0.15, 0.2) is 5.82 Å². The van der Waals surface area contributed by atoms with Gasteiger partial charge in [0.05, 0.1) is 10.4 Å². The van der Waals surface area contributed by atoms with Gasteiger partial charge in [-0.1, -0.05) is 0 Å². The summed E-state index contributed by atoms with van der Waals surface area (Å²) in [5, 5.41) is 0. The first-order valence-electron chi connectivity index (χ1n) is 5.15. The molecule has 3 heterocycles. The third-order valence-electron chi connectivity index (χ3n) is 2.58. The van der Waals surface area contributed by atoms with Crippen molar-refractivity contribution in [3.63, 3.8) is 0 Å². The molecular weight excluding hydrogens is 298 g/mol. The molecule has 0 bridgehead atoms. The maximum atomic E-state index is 5.79. The number of anilines is 1. The highest BCUT2D eigenvalue weighted by Crippen LogP contribution is 2.31. The molecule has 3 nitrogen and oxygen atoms in total. The monoisotopic (exact) mass is 307 g/mol. The van der Waals surface area contributed by atoms with Crippen LogP contribution in [-0.4, -0.2) is 9.38 Å². The molecule has 0 spiro atoms. The van der Waals surface area contributed by atoms with Crippen molar-refractivity contribution in [1.29, 1.82) is 0 Å². The van der Waals surface area contributed by atoms with E-state index in [9.17, 15) is 0 Å². The summed E-state index contributed by atoms with van der Waals surface area (Å²) >= 11 is 5.21. The van der Waals surface area contributed by atoms with E-state index >= 15 is 0 Å². The molecule has 0 aliphatic heterocycles. The summed E-state index contributed by atoms with van der Waals surface area (Å²) in [6.45, 7) is 2.09. The third-order valence-corrected chi connectivity index (χ3v) is 4.16. The zero-order valence-corrected chi connectivity index (χ0v) is 11.5. The van der Waals surface area contributed by atoms with Crippen molar-refractivity contribution >= 4 is 38.5 Å². The average molecular weight is 308 g/mol. The number of nitrogens with two attached hydrogens (primary N) is 1. The summed E-state index contributed by atoms with van der Waals surface area (Å²) in [5.74, 6) is 0.949. The molecule has 0 unspecified atom stereocenters. The molecule has 0 saturated heterocycles. The Hall–Kier alpha value is -1.33. The van der Waals surface area contributed by atoms with Gasteiger partial charge in [-0.2, -0.15) is 0 Å². The van der Waals surface area contributed by atoms with E-state index in [4.69, 9.17) is 5.73 Å². The molecule has 2 N–H and O–H groups in total. The number of pyridine rings is 1. The molecule has 0 fully saturated rings.